The Hall–Kier alpha value is -2.19. The fraction of sp³-hybridized carbons (Fsp3) is 0.308. The van der Waals surface area contributed by atoms with Crippen LogP contribution in [-0.2, 0) is 4.74 Å². The van der Waals surface area contributed by atoms with Gasteiger partial charge < -0.3 is 20.7 Å². The minimum absolute atomic E-state index is 0.210. The number of carbonyl (C=O) groups is 1. The lowest BCUT2D eigenvalue weighted by atomic mass is 10.3. The summed E-state index contributed by atoms with van der Waals surface area (Å²) in [6.45, 7) is 1.16. The maximum absolute atomic E-state index is 12.4. The number of hydrogen-bond acceptors (Lipinski definition) is 7. The fourth-order valence-electron chi connectivity index (χ4n) is 1.64. The van der Waals surface area contributed by atoms with E-state index < -0.39 is 0 Å². The molecule has 0 aliphatic carbocycles. The molecule has 2 rings (SSSR count). The second-order valence-electron chi connectivity index (χ2n) is 4.23. The molecule has 0 unspecified atom stereocenters. The zero-order chi connectivity index (χ0) is 15.2. The van der Waals surface area contributed by atoms with E-state index in [9.17, 15) is 4.79 Å². The van der Waals surface area contributed by atoms with Crippen LogP contribution in [0.2, 0.25) is 0 Å². The van der Waals surface area contributed by atoms with Gasteiger partial charge in [0.25, 0.3) is 5.91 Å². The van der Waals surface area contributed by atoms with Gasteiger partial charge in [0.15, 0.2) is 5.13 Å². The van der Waals surface area contributed by atoms with E-state index in [1.807, 2.05) is 0 Å². The number of hydrogen-bond donors (Lipinski definition) is 2. The lowest BCUT2D eigenvalue weighted by Gasteiger charge is -2.15. The Kier molecular flexibility index (Phi) is 5.07. The Labute approximate surface area is 126 Å². The van der Waals surface area contributed by atoms with Crippen LogP contribution >= 0.6 is 11.3 Å². The first kappa shape index (κ1) is 15.2. The molecule has 0 saturated carbocycles. The minimum atomic E-state index is -0.210. The van der Waals surface area contributed by atoms with Gasteiger partial charge in [0.05, 0.1) is 18.5 Å². The number of pyridine rings is 1. The summed E-state index contributed by atoms with van der Waals surface area (Å²) in [7, 11) is 3.30. The normalized spacial score (nSPS) is 10.4. The number of amides is 1. The molecule has 3 N–H and O–H groups in total. The second kappa shape index (κ2) is 7.00. The van der Waals surface area contributed by atoms with Crippen LogP contribution in [0.3, 0.4) is 0 Å². The van der Waals surface area contributed by atoms with E-state index in [0.717, 1.165) is 0 Å². The van der Waals surface area contributed by atoms with Crippen LogP contribution in [-0.4, -0.2) is 43.2 Å². The van der Waals surface area contributed by atoms with Gasteiger partial charge in [0.2, 0.25) is 0 Å². The summed E-state index contributed by atoms with van der Waals surface area (Å²) in [6.07, 6.45) is 3.27. The summed E-state index contributed by atoms with van der Waals surface area (Å²) in [5, 5.41) is 3.66. The predicted molar refractivity (Wildman–Crippen MR) is 83.9 cm³/mol. The zero-order valence-electron chi connectivity index (χ0n) is 11.9. The first-order chi connectivity index (χ1) is 10.1. The molecule has 8 heteroatoms. The molecule has 0 aliphatic heterocycles. The molecule has 0 spiro atoms. The van der Waals surface area contributed by atoms with Crippen molar-refractivity contribution in [2.45, 2.75) is 0 Å². The number of thiazole rings is 1. The summed E-state index contributed by atoms with van der Waals surface area (Å²) < 4.78 is 4.95. The SMILES string of the molecule is COCCNc1nc(N)c(C(=O)N(C)c2cccnc2)s1. The third kappa shape index (κ3) is 3.67. The predicted octanol–water partition coefficient (Wildman–Crippen LogP) is 1.46. The molecule has 2 heterocycles. The van der Waals surface area contributed by atoms with Crippen molar-refractivity contribution in [3.63, 3.8) is 0 Å². The average molecular weight is 307 g/mol. The summed E-state index contributed by atoms with van der Waals surface area (Å²) in [5.74, 6) is 0.0125. The highest BCUT2D eigenvalue weighted by Crippen LogP contribution is 2.27. The highest BCUT2D eigenvalue weighted by molar-refractivity contribution is 7.18. The highest BCUT2D eigenvalue weighted by atomic mass is 32.1. The molecule has 21 heavy (non-hydrogen) atoms. The highest BCUT2D eigenvalue weighted by Gasteiger charge is 2.20. The van der Waals surface area contributed by atoms with Crippen molar-refractivity contribution < 1.29 is 9.53 Å². The van der Waals surface area contributed by atoms with Crippen molar-refractivity contribution in [1.29, 1.82) is 0 Å². The quantitative estimate of drug-likeness (QED) is 0.785. The molecule has 0 fully saturated rings. The van der Waals surface area contributed by atoms with Crippen molar-refractivity contribution in [3.05, 3.63) is 29.4 Å². The van der Waals surface area contributed by atoms with Crippen LogP contribution in [0.15, 0.2) is 24.5 Å². The minimum Gasteiger partial charge on any atom is -0.383 e. The van der Waals surface area contributed by atoms with Crippen LogP contribution < -0.4 is 16.0 Å². The van der Waals surface area contributed by atoms with Crippen LogP contribution in [0.1, 0.15) is 9.67 Å². The second-order valence-corrected chi connectivity index (χ2v) is 5.23. The largest absolute Gasteiger partial charge is 0.383 e. The average Bonchev–Trinajstić information content (AvgIpc) is 2.88. The molecular weight excluding hydrogens is 290 g/mol. The lowest BCUT2D eigenvalue weighted by Crippen LogP contribution is -2.26. The molecule has 0 aliphatic rings. The summed E-state index contributed by atoms with van der Waals surface area (Å²) in [5.41, 5.74) is 6.53. The molecule has 112 valence electrons. The topological polar surface area (TPSA) is 93.4 Å². The van der Waals surface area contributed by atoms with Crippen LogP contribution in [0.4, 0.5) is 16.6 Å². The molecule has 7 nitrogen and oxygen atoms in total. The standard InChI is InChI=1S/C13H17N5O2S/c1-18(9-4-3-5-15-8-9)12(19)10-11(14)17-13(21-10)16-6-7-20-2/h3-5,8H,6-7,14H2,1-2H3,(H,16,17). The molecule has 1 amide bonds. The molecule has 0 aromatic carbocycles. The lowest BCUT2D eigenvalue weighted by molar-refractivity contribution is 0.0997. The molecule has 2 aromatic rings. The van der Waals surface area contributed by atoms with Crippen molar-refractivity contribution in [1.82, 2.24) is 9.97 Å². The van der Waals surface area contributed by atoms with Crippen molar-refractivity contribution in [3.8, 4) is 0 Å². The number of nitrogens with one attached hydrogen (secondary N) is 1. The van der Waals surface area contributed by atoms with Gasteiger partial charge in [-0.15, -0.1) is 0 Å². The molecule has 0 atom stereocenters. The van der Waals surface area contributed by atoms with E-state index >= 15 is 0 Å². The maximum atomic E-state index is 12.4. The van der Waals surface area contributed by atoms with Gasteiger partial charge in [-0.3, -0.25) is 9.78 Å². The smallest absolute Gasteiger partial charge is 0.272 e. The Morgan fingerprint density at radius 3 is 3.05 bits per heavy atom. The number of ether oxygens (including phenoxy) is 1. The molecule has 0 saturated heterocycles. The van der Waals surface area contributed by atoms with E-state index in [0.29, 0.717) is 28.8 Å². The number of nitrogens with two attached hydrogens (primary N) is 1. The van der Waals surface area contributed by atoms with Gasteiger partial charge in [0, 0.05) is 26.9 Å². The summed E-state index contributed by atoms with van der Waals surface area (Å²) in [6, 6.07) is 3.58. The van der Waals surface area contributed by atoms with Gasteiger partial charge in [-0.05, 0) is 12.1 Å². The van der Waals surface area contributed by atoms with Gasteiger partial charge >= 0.3 is 0 Å². The van der Waals surface area contributed by atoms with Gasteiger partial charge in [-0.25, -0.2) is 4.98 Å². The monoisotopic (exact) mass is 307 g/mol. The van der Waals surface area contributed by atoms with Crippen LogP contribution in [0.5, 0.6) is 0 Å². The van der Waals surface area contributed by atoms with E-state index in [4.69, 9.17) is 10.5 Å². The number of rotatable bonds is 6. The molecule has 2 aromatic heterocycles. The third-order valence-electron chi connectivity index (χ3n) is 2.77. The maximum Gasteiger partial charge on any atom is 0.272 e. The van der Waals surface area contributed by atoms with E-state index in [1.54, 1.807) is 38.7 Å². The number of nitrogen functional groups attached to an aromatic ring is 1. The number of aromatic nitrogens is 2. The molecule has 0 bridgehead atoms. The fourth-order valence-corrected chi connectivity index (χ4v) is 2.53. The Bertz CT molecular complexity index is 602. The van der Waals surface area contributed by atoms with Crippen LogP contribution in [0.25, 0.3) is 0 Å². The van der Waals surface area contributed by atoms with Gasteiger partial charge in [-0.2, -0.15) is 0 Å². The summed E-state index contributed by atoms with van der Waals surface area (Å²) in [4.78, 5) is 22.5. The van der Waals surface area contributed by atoms with Crippen molar-refractivity contribution in [2.24, 2.45) is 0 Å². The first-order valence-corrected chi connectivity index (χ1v) is 7.12. The zero-order valence-corrected chi connectivity index (χ0v) is 12.7. The Morgan fingerprint density at radius 1 is 1.57 bits per heavy atom. The van der Waals surface area contributed by atoms with E-state index in [2.05, 4.69) is 15.3 Å². The Morgan fingerprint density at radius 2 is 2.38 bits per heavy atom. The third-order valence-corrected chi connectivity index (χ3v) is 3.78. The van der Waals surface area contributed by atoms with Gasteiger partial charge in [0.1, 0.15) is 10.7 Å². The number of methoxy groups -OCH3 is 1. The number of carbonyl (C=O) groups excluding carboxylic acids is 1. The Balaban J connectivity index is 2.12. The van der Waals surface area contributed by atoms with Crippen molar-refractivity contribution >= 4 is 33.9 Å². The molecular formula is C13H17N5O2S. The van der Waals surface area contributed by atoms with Crippen LogP contribution in [0, 0.1) is 0 Å². The number of anilines is 3. The number of nitrogens with zero attached hydrogens (tertiary/aromatic N) is 3. The summed E-state index contributed by atoms with van der Waals surface area (Å²) >= 11 is 1.23. The van der Waals surface area contributed by atoms with Gasteiger partial charge in [-0.1, -0.05) is 11.3 Å². The van der Waals surface area contributed by atoms with E-state index in [1.165, 1.54) is 16.2 Å². The first-order valence-electron chi connectivity index (χ1n) is 6.30. The van der Waals surface area contributed by atoms with Crippen molar-refractivity contribution in [2.75, 3.05) is 43.3 Å². The molecule has 0 radical (unpaired) electrons. The van der Waals surface area contributed by atoms with E-state index in [-0.39, 0.29) is 11.7 Å².